The number of nitrogens with one attached hydrogen (secondary N) is 1. The molecule has 0 radical (unpaired) electrons. The van der Waals surface area contributed by atoms with Crippen molar-refractivity contribution in [2.24, 2.45) is 5.84 Å². The number of nitrogens with zero attached hydrogens (tertiary/aromatic N) is 1. The van der Waals surface area contributed by atoms with Gasteiger partial charge in [-0.15, -0.1) is 0 Å². The van der Waals surface area contributed by atoms with Crippen LogP contribution in [-0.4, -0.2) is 30.4 Å². The van der Waals surface area contributed by atoms with Crippen LogP contribution >= 0.6 is 0 Å². The molecule has 3 N–H and O–H groups in total. The molecule has 0 aliphatic carbocycles. The first-order valence-electron chi connectivity index (χ1n) is 4.60. The molecule has 1 unspecified atom stereocenters. The van der Waals surface area contributed by atoms with E-state index in [4.69, 9.17) is 5.84 Å². The van der Waals surface area contributed by atoms with Crippen LogP contribution in [0.4, 0.5) is 0 Å². The number of hydrogen-bond donors (Lipinski definition) is 2. The topological polar surface area (TPSA) is 58.4 Å². The Morgan fingerprint density at radius 3 is 2.47 bits per heavy atom. The van der Waals surface area contributed by atoms with Crippen molar-refractivity contribution >= 4 is 5.91 Å². The molecular formula is C11H19N3O. The number of carbonyl (C=O) groups is 1. The Balaban J connectivity index is 4.63. The molecular weight excluding hydrogens is 190 g/mol. The maximum Gasteiger partial charge on any atom is 0.255 e. The van der Waals surface area contributed by atoms with Crippen LogP contribution in [0.15, 0.2) is 37.0 Å². The standard InChI is InChI=1S/C11H19N3O/c1-6-9(4)7-14(5)10(8(2)3)11(15)13-12/h6,10H,1-2,4,7,12H2,3,5H3,(H,13,15). The maximum atomic E-state index is 11.5. The molecule has 0 fully saturated rings. The van der Waals surface area contributed by atoms with Crippen molar-refractivity contribution in [3.05, 3.63) is 37.0 Å². The van der Waals surface area contributed by atoms with Gasteiger partial charge in [-0.3, -0.25) is 15.1 Å². The minimum atomic E-state index is -0.438. The van der Waals surface area contributed by atoms with Crippen molar-refractivity contribution in [1.29, 1.82) is 0 Å². The van der Waals surface area contributed by atoms with Gasteiger partial charge >= 0.3 is 0 Å². The predicted octanol–water partition coefficient (Wildman–Crippen LogP) is 0.595. The number of hydrogen-bond acceptors (Lipinski definition) is 3. The Hall–Kier alpha value is -1.39. The average Bonchev–Trinajstić information content (AvgIpc) is 2.16. The highest BCUT2D eigenvalue weighted by Gasteiger charge is 2.22. The van der Waals surface area contributed by atoms with Gasteiger partial charge in [-0.25, -0.2) is 5.84 Å². The third-order valence-corrected chi connectivity index (χ3v) is 2.04. The highest BCUT2D eigenvalue weighted by Crippen LogP contribution is 2.08. The fourth-order valence-electron chi connectivity index (χ4n) is 1.36. The van der Waals surface area contributed by atoms with Crippen LogP contribution in [0, 0.1) is 0 Å². The zero-order chi connectivity index (χ0) is 12.0. The molecule has 0 saturated heterocycles. The van der Waals surface area contributed by atoms with E-state index in [0.717, 1.165) is 11.1 Å². The fourth-order valence-corrected chi connectivity index (χ4v) is 1.36. The van der Waals surface area contributed by atoms with Gasteiger partial charge in [0, 0.05) is 6.54 Å². The molecule has 0 bridgehead atoms. The summed E-state index contributed by atoms with van der Waals surface area (Å²) in [6, 6.07) is -0.438. The number of carbonyl (C=O) groups excluding carboxylic acids is 1. The van der Waals surface area contributed by atoms with Crippen LogP contribution in [0.1, 0.15) is 6.92 Å². The summed E-state index contributed by atoms with van der Waals surface area (Å²) in [6.07, 6.45) is 1.66. The quantitative estimate of drug-likeness (QED) is 0.221. The Bertz CT molecular complexity index is 284. The van der Waals surface area contributed by atoms with E-state index < -0.39 is 6.04 Å². The zero-order valence-corrected chi connectivity index (χ0v) is 9.42. The highest BCUT2D eigenvalue weighted by molar-refractivity contribution is 5.84. The third-order valence-electron chi connectivity index (χ3n) is 2.04. The van der Waals surface area contributed by atoms with Crippen molar-refractivity contribution in [1.82, 2.24) is 10.3 Å². The van der Waals surface area contributed by atoms with E-state index in [0.29, 0.717) is 6.54 Å². The summed E-state index contributed by atoms with van der Waals surface area (Å²) in [7, 11) is 1.81. The van der Waals surface area contributed by atoms with Crippen molar-refractivity contribution in [2.45, 2.75) is 13.0 Å². The fraction of sp³-hybridized carbons (Fsp3) is 0.364. The number of likely N-dealkylation sites (N-methyl/N-ethyl adjacent to an activating group) is 1. The van der Waals surface area contributed by atoms with Crippen molar-refractivity contribution < 1.29 is 4.79 Å². The van der Waals surface area contributed by atoms with Gasteiger partial charge in [-0.05, 0) is 19.5 Å². The van der Waals surface area contributed by atoms with Gasteiger partial charge in [0.05, 0.1) is 0 Å². The van der Waals surface area contributed by atoms with Crippen molar-refractivity contribution in [2.75, 3.05) is 13.6 Å². The molecule has 4 nitrogen and oxygen atoms in total. The first-order chi connectivity index (χ1) is 6.93. The first kappa shape index (κ1) is 13.6. The van der Waals surface area contributed by atoms with Crippen LogP contribution in [0.2, 0.25) is 0 Å². The smallest absolute Gasteiger partial charge is 0.255 e. The normalized spacial score (nSPS) is 12.0. The molecule has 0 aliphatic rings. The minimum Gasteiger partial charge on any atom is -0.293 e. The zero-order valence-electron chi connectivity index (χ0n) is 9.42. The van der Waals surface area contributed by atoms with Crippen LogP contribution in [-0.2, 0) is 4.79 Å². The van der Waals surface area contributed by atoms with Crippen LogP contribution in [0.5, 0.6) is 0 Å². The molecule has 0 saturated carbocycles. The molecule has 0 aromatic heterocycles. The molecule has 84 valence electrons. The summed E-state index contributed by atoms with van der Waals surface area (Å²) >= 11 is 0. The van der Waals surface area contributed by atoms with E-state index >= 15 is 0 Å². The average molecular weight is 209 g/mol. The summed E-state index contributed by atoms with van der Waals surface area (Å²) in [5.74, 6) is 4.83. The summed E-state index contributed by atoms with van der Waals surface area (Å²) in [5, 5.41) is 0. The molecule has 0 heterocycles. The molecule has 0 aromatic rings. The van der Waals surface area contributed by atoms with Crippen LogP contribution in [0.25, 0.3) is 0 Å². The summed E-state index contributed by atoms with van der Waals surface area (Å²) in [5.41, 5.74) is 3.70. The van der Waals surface area contributed by atoms with E-state index in [1.54, 1.807) is 13.0 Å². The molecule has 0 aliphatic heterocycles. The van der Waals surface area contributed by atoms with Gasteiger partial charge in [0.25, 0.3) is 5.91 Å². The van der Waals surface area contributed by atoms with Crippen molar-refractivity contribution in [3.8, 4) is 0 Å². The number of amides is 1. The molecule has 0 spiro atoms. The molecule has 1 amide bonds. The Kier molecular flexibility index (Phi) is 5.59. The monoisotopic (exact) mass is 209 g/mol. The van der Waals surface area contributed by atoms with Crippen LogP contribution in [0.3, 0.4) is 0 Å². The minimum absolute atomic E-state index is 0.276. The van der Waals surface area contributed by atoms with E-state index in [1.807, 2.05) is 11.9 Å². The Morgan fingerprint density at radius 2 is 2.13 bits per heavy atom. The first-order valence-corrected chi connectivity index (χ1v) is 4.60. The highest BCUT2D eigenvalue weighted by atomic mass is 16.2. The second-order valence-electron chi connectivity index (χ2n) is 3.53. The van der Waals surface area contributed by atoms with E-state index in [9.17, 15) is 4.79 Å². The lowest BCUT2D eigenvalue weighted by molar-refractivity contribution is -0.124. The molecule has 0 aromatic carbocycles. The van der Waals surface area contributed by atoms with Gasteiger partial charge in [0.1, 0.15) is 6.04 Å². The van der Waals surface area contributed by atoms with E-state index in [-0.39, 0.29) is 5.91 Å². The van der Waals surface area contributed by atoms with Crippen molar-refractivity contribution in [3.63, 3.8) is 0 Å². The summed E-state index contributed by atoms with van der Waals surface area (Å²) < 4.78 is 0. The third kappa shape index (κ3) is 4.10. The molecule has 1 atom stereocenters. The number of rotatable bonds is 6. The van der Waals surface area contributed by atoms with Gasteiger partial charge in [-0.2, -0.15) is 0 Å². The van der Waals surface area contributed by atoms with Crippen LogP contribution < -0.4 is 11.3 Å². The van der Waals surface area contributed by atoms with Gasteiger partial charge in [0.2, 0.25) is 0 Å². The number of nitrogens with two attached hydrogens (primary N) is 1. The molecule has 0 rings (SSSR count). The maximum absolute atomic E-state index is 11.5. The predicted molar refractivity (Wildman–Crippen MR) is 62.9 cm³/mol. The summed E-state index contributed by atoms with van der Waals surface area (Å²) in [4.78, 5) is 13.3. The lowest BCUT2D eigenvalue weighted by atomic mass is 10.1. The lowest BCUT2D eigenvalue weighted by Gasteiger charge is -2.26. The van der Waals surface area contributed by atoms with Gasteiger partial charge in [0.15, 0.2) is 0 Å². The van der Waals surface area contributed by atoms with Gasteiger partial charge < -0.3 is 0 Å². The largest absolute Gasteiger partial charge is 0.293 e. The second-order valence-corrected chi connectivity index (χ2v) is 3.53. The molecule has 4 heteroatoms. The second kappa shape index (κ2) is 6.16. The Morgan fingerprint density at radius 1 is 1.60 bits per heavy atom. The number of hydrazine groups is 1. The van der Waals surface area contributed by atoms with Gasteiger partial charge in [-0.1, -0.05) is 31.4 Å². The summed E-state index contributed by atoms with van der Waals surface area (Å²) in [6.45, 7) is 13.5. The van der Waals surface area contributed by atoms with E-state index in [2.05, 4.69) is 25.2 Å². The SMILES string of the molecule is C=CC(=C)CN(C)C(C(=C)C)C(=O)NN. The molecule has 15 heavy (non-hydrogen) atoms. The van der Waals surface area contributed by atoms with E-state index in [1.165, 1.54) is 0 Å². The Labute approximate surface area is 91.1 Å². The lowest BCUT2D eigenvalue weighted by Crippen LogP contribution is -2.48.